The van der Waals surface area contributed by atoms with Crippen LogP contribution < -0.4 is 11.4 Å². The summed E-state index contributed by atoms with van der Waals surface area (Å²) in [6, 6.07) is 10.5. The normalized spacial score (nSPS) is 24.0. The number of esters is 1. The molecule has 3 aliphatic rings. The van der Waals surface area contributed by atoms with E-state index in [0.29, 0.717) is 24.8 Å². The first-order valence-corrected chi connectivity index (χ1v) is 18.6. The number of ketones is 1. The van der Waals surface area contributed by atoms with E-state index < -0.39 is 29.5 Å². The third kappa shape index (κ3) is 8.76. The number of nitrogens with zero attached hydrogens (tertiary/aromatic N) is 2. The number of aromatic nitrogens is 2. The molecule has 12 heteroatoms. The van der Waals surface area contributed by atoms with Crippen LogP contribution >= 0.6 is 11.6 Å². The quantitative estimate of drug-likeness (QED) is 0.144. The Morgan fingerprint density at radius 1 is 0.920 bits per heavy atom. The number of likely N-dealkylation sites (tertiary alicyclic amines) is 1. The van der Waals surface area contributed by atoms with E-state index in [1.807, 2.05) is 28.8 Å². The largest absolute Gasteiger partial charge is 0.454 e. The zero-order valence-corrected chi connectivity index (χ0v) is 29.2. The standard InChI is InChI=1S/C38H48ClF3N4O4/c39-30-22-26(21-29(36(30)43)38(40,41)42)23-34(33(47)17-11-24-7-13-27(14-8-24)45-19-3-4-20-45)50-35(48)18-12-25-9-15-28(16-10-25)46-32-6-2-1-5-31(32)44-37(46)49/h1-2,5-6,21-22,24-25,27-28,34H,3-4,7-20,23,43H2,(H,44,49)/t24?,25?,27?,28?,34-/m1/s1. The van der Waals surface area contributed by atoms with E-state index in [4.69, 9.17) is 22.1 Å². The summed E-state index contributed by atoms with van der Waals surface area (Å²) >= 11 is 6.09. The lowest BCUT2D eigenvalue weighted by Gasteiger charge is -2.34. The van der Waals surface area contributed by atoms with Gasteiger partial charge in [-0.15, -0.1) is 0 Å². The average molecular weight is 717 g/mol. The predicted molar refractivity (Wildman–Crippen MR) is 188 cm³/mol. The number of nitrogens with one attached hydrogen (secondary N) is 1. The van der Waals surface area contributed by atoms with Gasteiger partial charge in [-0.25, -0.2) is 4.79 Å². The number of fused-ring (bicyclic) bond motifs is 1. The van der Waals surface area contributed by atoms with Crippen LogP contribution in [0.1, 0.15) is 107 Å². The number of hydrogen-bond acceptors (Lipinski definition) is 6. The van der Waals surface area contributed by atoms with Crippen molar-refractivity contribution < 1.29 is 27.5 Å². The van der Waals surface area contributed by atoms with Crippen LogP contribution in [-0.2, 0) is 26.9 Å². The number of benzene rings is 2. The highest BCUT2D eigenvalue weighted by atomic mass is 35.5. The van der Waals surface area contributed by atoms with E-state index >= 15 is 0 Å². The zero-order valence-electron chi connectivity index (χ0n) is 28.5. The number of ether oxygens (including phenoxy) is 1. The fourth-order valence-electron chi connectivity index (χ4n) is 8.54. The zero-order chi connectivity index (χ0) is 35.4. The number of anilines is 1. The maximum absolute atomic E-state index is 13.7. The summed E-state index contributed by atoms with van der Waals surface area (Å²) < 4.78 is 48.8. The van der Waals surface area contributed by atoms with Gasteiger partial charge in [0.2, 0.25) is 0 Å². The lowest BCUT2D eigenvalue weighted by molar-refractivity contribution is -0.155. The highest BCUT2D eigenvalue weighted by Gasteiger charge is 2.35. The monoisotopic (exact) mass is 716 g/mol. The second kappa shape index (κ2) is 15.9. The highest BCUT2D eigenvalue weighted by Crippen LogP contribution is 2.39. The van der Waals surface area contributed by atoms with Crippen molar-refractivity contribution in [3.05, 3.63) is 63.0 Å². The minimum Gasteiger partial charge on any atom is -0.454 e. The van der Waals surface area contributed by atoms with Crippen LogP contribution in [0.5, 0.6) is 0 Å². The minimum absolute atomic E-state index is 0.0763. The summed E-state index contributed by atoms with van der Waals surface area (Å²) in [5.41, 5.74) is 5.72. The fraction of sp³-hybridized carbons (Fsp3) is 0.605. The second-order valence-electron chi connectivity index (χ2n) is 14.7. The first-order chi connectivity index (χ1) is 24.0. The Morgan fingerprint density at radius 3 is 2.20 bits per heavy atom. The van der Waals surface area contributed by atoms with Crippen molar-refractivity contribution in [1.82, 2.24) is 14.5 Å². The van der Waals surface area contributed by atoms with Gasteiger partial charge in [0.05, 0.1) is 27.3 Å². The highest BCUT2D eigenvalue weighted by molar-refractivity contribution is 6.33. The van der Waals surface area contributed by atoms with Crippen LogP contribution in [0.25, 0.3) is 11.0 Å². The molecule has 2 aromatic carbocycles. The minimum atomic E-state index is -4.73. The molecule has 3 aromatic rings. The fourth-order valence-corrected chi connectivity index (χ4v) is 8.78. The van der Waals surface area contributed by atoms with Gasteiger partial charge in [0.1, 0.15) is 0 Å². The molecule has 1 saturated heterocycles. The molecule has 0 unspecified atom stereocenters. The second-order valence-corrected chi connectivity index (χ2v) is 15.1. The van der Waals surface area contributed by atoms with E-state index in [2.05, 4.69) is 9.88 Å². The summed E-state index contributed by atoms with van der Waals surface area (Å²) in [5, 5.41) is -0.257. The van der Waals surface area contributed by atoms with E-state index in [9.17, 15) is 27.6 Å². The third-order valence-electron chi connectivity index (χ3n) is 11.4. The van der Waals surface area contributed by atoms with Crippen molar-refractivity contribution in [2.75, 3.05) is 18.8 Å². The van der Waals surface area contributed by atoms with Crippen LogP contribution in [0, 0.1) is 11.8 Å². The number of carbonyl (C=O) groups is 2. The smallest absolute Gasteiger partial charge is 0.418 e. The molecule has 0 spiro atoms. The maximum Gasteiger partial charge on any atom is 0.418 e. The molecule has 2 aliphatic carbocycles. The number of nitrogens with two attached hydrogens (primary N) is 1. The van der Waals surface area contributed by atoms with Gasteiger partial charge in [-0.05, 0) is 132 Å². The van der Waals surface area contributed by atoms with Crippen LogP contribution in [0.4, 0.5) is 18.9 Å². The number of H-pyrrole nitrogens is 1. The molecule has 1 aliphatic heterocycles. The number of Topliss-reactive ketones (excluding diaryl/α,β-unsaturated/α-hetero) is 1. The summed E-state index contributed by atoms with van der Waals surface area (Å²) in [7, 11) is 0. The van der Waals surface area contributed by atoms with Crippen molar-refractivity contribution in [1.29, 1.82) is 0 Å². The number of halogens is 4. The van der Waals surface area contributed by atoms with Gasteiger partial charge in [-0.3, -0.25) is 14.2 Å². The lowest BCUT2D eigenvalue weighted by Crippen LogP contribution is -2.36. The number of alkyl halides is 3. The topological polar surface area (TPSA) is 110 Å². The van der Waals surface area contributed by atoms with Crippen LogP contribution in [0.3, 0.4) is 0 Å². The summed E-state index contributed by atoms with van der Waals surface area (Å²) in [5.74, 6) is -0.171. The summed E-state index contributed by atoms with van der Waals surface area (Å²) in [6.07, 6.45) is 5.51. The molecule has 50 heavy (non-hydrogen) atoms. The molecule has 1 atom stereocenters. The van der Waals surface area contributed by atoms with E-state index in [-0.39, 0.29) is 53.3 Å². The molecule has 2 heterocycles. The first-order valence-electron chi connectivity index (χ1n) is 18.3. The molecule has 0 amide bonds. The number of nitrogen functional groups attached to an aromatic ring is 1. The van der Waals surface area contributed by atoms with E-state index in [1.54, 1.807) is 0 Å². The number of carbonyl (C=O) groups excluding carboxylic acids is 2. The maximum atomic E-state index is 13.7. The summed E-state index contributed by atoms with van der Waals surface area (Å²) in [6.45, 7) is 2.33. The molecule has 0 bridgehead atoms. The van der Waals surface area contributed by atoms with Gasteiger partial charge in [-0.1, -0.05) is 23.7 Å². The van der Waals surface area contributed by atoms with E-state index in [1.165, 1.54) is 32.0 Å². The SMILES string of the molecule is Nc1c(Cl)cc(C[C@@H](OC(=O)CCC2CCC(n3c(=O)[nH]c4ccccc43)CC2)C(=O)CCC2CCC(N3CCCC3)CC2)cc1C(F)(F)F. The number of rotatable bonds is 12. The van der Waals surface area contributed by atoms with Crippen molar-refractivity contribution in [2.45, 2.75) is 121 Å². The van der Waals surface area contributed by atoms with Crippen molar-refractivity contribution in [3.63, 3.8) is 0 Å². The van der Waals surface area contributed by atoms with Crippen LogP contribution in [-0.4, -0.2) is 51.4 Å². The third-order valence-corrected chi connectivity index (χ3v) is 11.7. The molecule has 3 N–H and O–H groups in total. The molecule has 272 valence electrons. The summed E-state index contributed by atoms with van der Waals surface area (Å²) in [4.78, 5) is 45.0. The van der Waals surface area contributed by atoms with Gasteiger partial charge in [0.25, 0.3) is 0 Å². The van der Waals surface area contributed by atoms with Gasteiger partial charge in [-0.2, -0.15) is 13.2 Å². The predicted octanol–water partition coefficient (Wildman–Crippen LogP) is 8.25. The molecule has 2 saturated carbocycles. The molecular weight excluding hydrogens is 669 g/mol. The Morgan fingerprint density at radius 2 is 1.54 bits per heavy atom. The van der Waals surface area contributed by atoms with Gasteiger partial charge >= 0.3 is 17.8 Å². The van der Waals surface area contributed by atoms with Crippen molar-refractivity contribution in [3.8, 4) is 0 Å². The molecule has 8 nitrogen and oxygen atoms in total. The molecule has 1 aromatic heterocycles. The Bertz CT molecular complexity index is 1700. The van der Waals surface area contributed by atoms with Crippen LogP contribution in [0.2, 0.25) is 5.02 Å². The average Bonchev–Trinajstić information content (AvgIpc) is 3.75. The molecular formula is C38H48ClF3N4O4. The first kappa shape index (κ1) is 36.5. The Kier molecular flexibility index (Phi) is 11.6. The Labute approximate surface area is 295 Å². The van der Waals surface area contributed by atoms with Gasteiger partial charge < -0.3 is 20.4 Å². The van der Waals surface area contributed by atoms with Gasteiger partial charge in [0.15, 0.2) is 11.9 Å². The lowest BCUT2D eigenvalue weighted by atomic mass is 9.82. The molecule has 3 fully saturated rings. The molecule has 6 rings (SSSR count). The van der Waals surface area contributed by atoms with Crippen molar-refractivity contribution >= 4 is 40.1 Å². The number of imidazole rings is 1. The Hall–Kier alpha value is -3.31. The van der Waals surface area contributed by atoms with Crippen LogP contribution in [0.15, 0.2) is 41.2 Å². The number of aromatic amines is 1. The Balaban J connectivity index is 1.05. The van der Waals surface area contributed by atoms with Crippen molar-refractivity contribution in [2.24, 2.45) is 11.8 Å². The number of para-hydroxylation sites is 2. The van der Waals surface area contributed by atoms with E-state index in [0.717, 1.165) is 68.5 Å². The molecule has 0 radical (unpaired) electrons. The number of hydrogen-bond donors (Lipinski definition) is 2. The van der Waals surface area contributed by atoms with Gasteiger partial charge in [0, 0.05) is 31.3 Å².